The Hall–Kier alpha value is -2.02. The van der Waals surface area contributed by atoms with Gasteiger partial charge in [0.05, 0.1) is 0 Å². The van der Waals surface area contributed by atoms with Gasteiger partial charge in [-0.3, -0.25) is 9.48 Å². The lowest BCUT2D eigenvalue weighted by atomic mass is 10.2. The van der Waals surface area contributed by atoms with E-state index >= 15 is 0 Å². The van der Waals surface area contributed by atoms with Crippen molar-refractivity contribution in [2.24, 2.45) is 0 Å². The largest absolute Gasteiger partial charge is 0.435 e. The zero-order valence-electron chi connectivity index (χ0n) is 12.8. The SMILES string of the molecule is Cc1c(Cl)cccc1NC(=O)Cn1nc(C(F)(F)F)cc1C1CC1. The molecule has 0 radical (unpaired) electrons. The second-order valence-electron chi connectivity index (χ2n) is 5.84. The van der Waals surface area contributed by atoms with Crippen LogP contribution in [-0.2, 0) is 17.5 Å². The number of nitrogens with zero attached hydrogens (tertiary/aromatic N) is 2. The van der Waals surface area contributed by atoms with Gasteiger partial charge in [-0.25, -0.2) is 0 Å². The molecule has 4 nitrogen and oxygen atoms in total. The van der Waals surface area contributed by atoms with E-state index in [4.69, 9.17) is 11.6 Å². The van der Waals surface area contributed by atoms with E-state index in [9.17, 15) is 18.0 Å². The van der Waals surface area contributed by atoms with Gasteiger partial charge in [0.15, 0.2) is 5.69 Å². The van der Waals surface area contributed by atoms with Crippen LogP contribution in [-0.4, -0.2) is 15.7 Å². The molecule has 0 atom stereocenters. The highest BCUT2D eigenvalue weighted by Gasteiger charge is 2.38. The number of anilines is 1. The fraction of sp³-hybridized carbons (Fsp3) is 0.375. The van der Waals surface area contributed by atoms with E-state index < -0.39 is 17.8 Å². The molecule has 1 N–H and O–H groups in total. The molecule has 1 aromatic carbocycles. The zero-order valence-corrected chi connectivity index (χ0v) is 13.6. The van der Waals surface area contributed by atoms with Crippen molar-refractivity contribution >= 4 is 23.2 Å². The van der Waals surface area contributed by atoms with Crippen molar-refractivity contribution in [3.63, 3.8) is 0 Å². The summed E-state index contributed by atoms with van der Waals surface area (Å²) in [7, 11) is 0. The fourth-order valence-corrected chi connectivity index (χ4v) is 2.65. The first-order valence-corrected chi connectivity index (χ1v) is 7.83. The van der Waals surface area contributed by atoms with Crippen LogP contribution in [0.1, 0.15) is 35.7 Å². The van der Waals surface area contributed by atoms with Crippen LogP contribution < -0.4 is 5.32 Å². The highest BCUT2D eigenvalue weighted by molar-refractivity contribution is 6.31. The molecule has 1 amide bonds. The normalized spacial score (nSPS) is 14.7. The molecule has 24 heavy (non-hydrogen) atoms. The number of carbonyl (C=O) groups is 1. The van der Waals surface area contributed by atoms with Gasteiger partial charge in [-0.1, -0.05) is 17.7 Å². The summed E-state index contributed by atoms with van der Waals surface area (Å²) < 4.78 is 39.7. The van der Waals surface area contributed by atoms with E-state index in [0.717, 1.165) is 23.6 Å². The lowest BCUT2D eigenvalue weighted by Crippen LogP contribution is -2.21. The number of amides is 1. The fourth-order valence-electron chi connectivity index (χ4n) is 2.47. The summed E-state index contributed by atoms with van der Waals surface area (Å²) >= 11 is 5.99. The molecule has 0 bridgehead atoms. The maximum Gasteiger partial charge on any atom is 0.435 e. The number of benzene rings is 1. The van der Waals surface area contributed by atoms with Crippen LogP contribution in [0.2, 0.25) is 5.02 Å². The van der Waals surface area contributed by atoms with E-state index in [0.29, 0.717) is 22.0 Å². The molecule has 0 saturated heterocycles. The Morgan fingerprint density at radius 1 is 1.42 bits per heavy atom. The maximum absolute atomic E-state index is 12.9. The standard InChI is InChI=1S/C16H15ClF3N3O/c1-9-11(17)3-2-4-12(9)21-15(24)8-23-13(10-5-6-10)7-14(22-23)16(18,19)20/h2-4,7,10H,5-6,8H2,1H3,(H,21,24). The molecule has 0 aliphatic heterocycles. The Labute approximate surface area is 141 Å². The second-order valence-corrected chi connectivity index (χ2v) is 6.25. The summed E-state index contributed by atoms with van der Waals surface area (Å²) in [5.74, 6) is -0.395. The molecule has 2 aromatic rings. The molecular weight excluding hydrogens is 343 g/mol. The van der Waals surface area contributed by atoms with Gasteiger partial charge in [-0.05, 0) is 43.5 Å². The molecular formula is C16H15ClF3N3O. The number of hydrogen-bond acceptors (Lipinski definition) is 2. The molecule has 1 aliphatic carbocycles. The van der Waals surface area contributed by atoms with Gasteiger partial charge in [-0.2, -0.15) is 18.3 Å². The number of nitrogens with one attached hydrogen (secondary N) is 1. The van der Waals surface area contributed by atoms with Gasteiger partial charge in [0, 0.05) is 22.3 Å². The van der Waals surface area contributed by atoms with Crippen molar-refractivity contribution < 1.29 is 18.0 Å². The predicted octanol–water partition coefficient (Wildman–Crippen LogP) is 4.38. The van der Waals surface area contributed by atoms with E-state index in [1.54, 1.807) is 25.1 Å². The van der Waals surface area contributed by atoms with Crippen LogP contribution in [0.3, 0.4) is 0 Å². The second kappa shape index (κ2) is 6.12. The Kier molecular flexibility index (Phi) is 4.29. The average Bonchev–Trinajstić information content (AvgIpc) is 3.24. The molecule has 1 fully saturated rings. The number of halogens is 4. The van der Waals surface area contributed by atoms with Crippen LogP contribution >= 0.6 is 11.6 Å². The van der Waals surface area contributed by atoms with Gasteiger partial charge < -0.3 is 5.32 Å². The summed E-state index contributed by atoms with van der Waals surface area (Å²) in [6, 6.07) is 6.11. The van der Waals surface area contributed by atoms with Crippen LogP contribution in [0.5, 0.6) is 0 Å². The van der Waals surface area contributed by atoms with Crippen LogP contribution in [0.25, 0.3) is 0 Å². The third-order valence-electron chi connectivity index (χ3n) is 3.93. The zero-order chi connectivity index (χ0) is 17.5. The Morgan fingerprint density at radius 3 is 2.75 bits per heavy atom. The number of hydrogen-bond donors (Lipinski definition) is 1. The summed E-state index contributed by atoms with van der Waals surface area (Å²) in [6.07, 6.45) is -2.88. The lowest BCUT2D eigenvalue weighted by Gasteiger charge is -2.11. The first-order chi connectivity index (χ1) is 11.3. The maximum atomic E-state index is 12.9. The molecule has 1 saturated carbocycles. The molecule has 1 aliphatic rings. The summed E-state index contributed by atoms with van der Waals surface area (Å²) in [6.45, 7) is 1.48. The van der Waals surface area contributed by atoms with Crippen molar-refractivity contribution in [3.8, 4) is 0 Å². The van der Waals surface area contributed by atoms with Crippen LogP contribution in [0.15, 0.2) is 24.3 Å². The first-order valence-electron chi connectivity index (χ1n) is 7.45. The quantitative estimate of drug-likeness (QED) is 0.882. The Morgan fingerprint density at radius 2 is 2.12 bits per heavy atom. The van der Waals surface area contributed by atoms with Crippen molar-refractivity contribution in [3.05, 3.63) is 46.2 Å². The average molecular weight is 358 g/mol. The van der Waals surface area contributed by atoms with Crippen molar-refractivity contribution in [2.75, 3.05) is 5.32 Å². The summed E-state index contributed by atoms with van der Waals surface area (Å²) in [5.41, 5.74) is 0.728. The van der Waals surface area contributed by atoms with Gasteiger partial charge in [0.2, 0.25) is 5.91 Å². The molecule has 0 spiro atoms. The van der Waals surface area contributed by atoms with Crippen molar-refractivity contribution in [1.29, 1.82) is 0 Å². The van der Waals surface area contributed by atoms with Crippen LogP contribution in [0, 0.1) is 6.92 Å². The topological polar surface area (TPSA) is 46.9 Å². The van der Waals surface area contributed by atoms with Gasteiger partial charge >= 0.3 is 6.18 Å². The summed E-state index contributed by atoms with van der Waals surface area (Å²) in [4.78, 5) is 12.2. The van der Waals surface area contributed by atoms with E-state index in [2.05, 4.69) is 10.4 Å². The van der Waals surface area contributed by atoms with Crippen molar-refractivity contribution in [2.45, 2.75) is 38.4 Å². The van der Waals surface area contributed by atoms with Gasteiger partial charge in [0.1, 0.15) is 6.54 Å². The molecule has 3 rings (SSSR count). The highest BCUT2D eigenvalue weighted by atomic mass is 35.5. The number of aromatic nitrogens is 2. The van der Waals surface area contributed by atoms with E-state index in [1.165, 1.54) is 0 Å². The predicted molar refractivity (Wildman–Crippen MR) is 84.0 cm³/mol. The third-order valence-corrected chi connectivity index (χ3v) is 4.34. The van der Waals surface area contributed by atoms with Crippen molar-refractivity contribution in [1.82, 2.24) is 9.78 Å². The Balaban J connectivity index is 1.79. The van der Waals surface area contributed by atoms with E-state index in [-0.39, 0.29) is 12.5 Å². The smallest absolute Gasteiger partial charge is 0.324 e. The minimum absolute atomic E-state index is 0.0503. The molecule has 1 aromatic heterocycles. The Bertz CT molecular complexity index is 781. The minimum atomic E-state index is -4.52. The van der Waals surface area contributed by atoms with Crippen LogP contribution in [0.4, 0.5) is 18.9 Å². The van der Waals surface area contributed by atoms with Gasteiger partial charge in [0.25, 0.3) is 0 Å². The third kappa shape index (κ3) is 3.56. The molecule has 8 heteroatoms. The number of rotatable bonds is 4. The van der Waals surface area contributed by atoms with Gasteiger partial charge in [-0.15, -0.1) is 0 Å². The number of carbonyl (C=O) groups excluding carboxylic acids is 1. The first kappa shape index (κ1) is 16.8. The molecule has 0 unspecified atom stereocenters. The minimum Gasteiger partial charge on any atom is -0.324 e. The summed E-state index contributed by atoms with van der Waals surface area (Å²) in [5, 5.41) is 6.74. The van der Waals surface area contributed by atoms with E-state index in [1.807, 2.05) is 0 Å². The lowest BCUT2D eigenvalue weighted by molar-refractivity contribution is -0.141. The highest BCUT2D eigenvalue weighted by Crippen LogP contribution is 2.42. The molecule has 1 heterocycles. The molecule has 128 valence electrons. The number of alkyl halides is 3. The monoisotopic (exact) mass is 357 g/mol.